The minimum atomic E-state index is -1.69. The maximum atomic E-state index is 13.1. The number of carbonyl (C=O) groups is 1. The van der Waals surface area contributed by atoms with Crippen LogP contribution < -0.4 is 0 Å². The number of aliphatic hydroxyl groups excluding tert-OH is 1. The molecule has 14 heavy (non-hydrogen) atoms. The largest absolute Gasteiger partial charge is 0.479 e. The summed E-state index contributed by atoms with van der Waals surface area (Å²) in [6.07, 6.45) is -1.69. The lowest BCUT2D eigenvalue weighted by Crippen LogP contribution is -2.11. The molecule has 0 saturated carbocycles. The third kappa shape index (κ3) is 2.10. The molecule has 0 aromatic heterocycles. The fourth-order valence-corrected chi connectivity index (χ4v) is 1.42. The Morgan fingerprint density at radius 1 is 1.57 bits per heavy atom. The van der Waals surface area contributed by atoms with Crippen molar-refractivity contribution in [3.63, 3.8) is 0 Å². The Bertz CT molecular complexity index is 355. The fourth-order valence-electron chi connectivity index (χ4n) is 0.965. The Kier molecular flexibility index (Phi) is 3.23. The van der Waals surface area contributed by atoms with Gasteiger partial charge in [-0.25, -0.2) is 9.18 Å². The molecule has 0 aliphatic rings. The second-order valence-corrected chi connectivity index (χ2v) is 3.70. The van der Waals surface area contributed by atoms with E-state index in [0.29, 0.717) is 10.0 Å². The average Bonchev–Trinajstić information content (AvgIpc) is 2.12. The second kappa shape index (κ2) is 4.06. The maximum absolute atomic E-state index is 13.1. The first-order chi connectivity index (χ1) is 6.43. The Balaban J connectivity index is 3.19. The molecule has 1 aromatic carbocycles. The van der Waals surface area contributed by atoms with Crippen LogP contribution in [0.1, 0.15) is 17.2 Å². The first-order valence-corrected chi connectivity index (χ1v) is 4.59. The number of halogens is 2. The van der Waals surface area contributed by atoms with Gasteiger partial charge in [-0.3, -0.25) is 0 Å². The van der Waals surface area contributed by atoms with Gasteiger partial charge < -0.3 is 10.2 Å². The molecule has 76 valence electrons. The molecular formula is C9H8BrFO3. The molecule has 1 rings (SSSR count). The number of benzene rings is 1. The molecule has 1 aromatic rings. The fraction of sp³-hybridized carbons (Fsp3) is 0.222. The number of hydrogen-bond donors (Lipinski definition) is 2. The minimum Gasteiger partial charge on any atom is -0.479 e. The Morgan fingerprint density at radius 2 is 2.14 bits per heavy atom. The Hall–Kier alpha value is -0.940. The first-order valence-electron chi connectivity index (χ1n) is 3.80. The molecule has 0 saturated heterocycles. The van der Waals surface area contributed by atoms with Gasteiger partial charge in [0.15, 0.2) is 6.10 Å². The van der Waals surface area contributed by atoms with Gasteiger partial charge in [0, 0.05) is 4.47 Å². The van der Waals surface area contributed by atoms with Crippen LogP contribution in [0, 0.1) is 12.7 Å². The number of rotatable bonds is 2. The molecule has 1 unspecified atom stereocenters. The average molecular weight is 263 g/mol. The normalized spacial score (nSPS) is 12.6. The number of carboxylic acids is 1. The van der Waals surface area contributed by atoms with Crippen LogP contribution in [0.3, 0.4) is 0 Å². The van der Waals surface area contributed by atoms with Gasteiger partial charge in [0.05, 0.1) is 0 Å². The van der Waals surface area contributed by atoms with E-state index in [2.05, 4.69) is 15.9 Å². The van der Waals surface area contributed by atoms with E-state index < -0.39 is 17.9 Å². The molecule has 0 aliphatic heterocycles. The zero-order valence-electron chi connectivity index (χ0n) is 7.29. The molecule has 3 nitrogen and oxygen atoms in total. The highest BCUT2D eigenvalue weighted by Gasteiger charge is 2.18. The highest BCUT2D eigenvalue weighted by atomic mass is 79.9. The summed E-state index contributed by atoms with van der Waals surface area (Å²) in [5, 5.41) is 17.6. The van der Waals surface area contributed by atoms with Crippen LogP contribution in [0.25, 0.3) is 0 Å². The van der Waals surface area contributed by atoms with Crippen molar-refractivity contribution in [1.29, 1.82) is 0 Å². The summed E-state index contributed by atoms with van der Waals surface area (Å²) in [6.45, 7) is 1.55. The van der Waals surface area contributed by atoms with Crippen LogP contribution >= 0.6 is 15.9 Å². The van der Waals surface area contributed by atoms with Gasteiger partial charge in [0.1, 0.15) is 5.82 Å². The van der Waals surface area contributed by atoms with E-state index in [1.807, 2.05) is 0 Å². The Labute approximate surface area is 88.3 Å². The van der Waals surface area contributed by atoms with Gasteiger partial charge in [-0.05, 0) is 30.2 Å². The summed E-state index contributed by atoms with van der Waals surface area (Å²) in [5.41, 5.74) is 0.402. The molecule has 0 amide bonds. The van der Waals surface area contributed by atoms with Crippen molar-refractivity contribution in [3.05, 3.63) is 33.5 Å². The highest BCUT2D eigenvalue weighted by Crippen LogP contribution is 2.24. The van der Waals surface area contributed by atoms with Gasteiger partial charge in [0.25, 0.3) is 0 Å². The van der Waals surface area contributed by atoms with E-state index in [1.54, 1.807) is 6.92 Å². The van der Waals surface area contributed by atoms with Gasteiger partial charge in [0.2, 0.25) is 0 Å². The molecule has 2 N–H and O–H groups in total. The predicted molar refractivity (Wildman–Crippen MR) is 51.4 cm³/mol. The minimum absolute atomic E-state index is 0.0208. The van der Waals surface area contributed by atoms with Crippen LogP contribution in [-0.4, -0.2) is 16.2 Å². The van der Waals surface area contributed by atoms with E-state index in [4.69, 9.17) is 10.2 Å². The first kappa shape index (κ1) is 11.1. The van der Waals surface area contributed by atoms with Crippen LogP contribution in [0.2, 0.25) is 0 Å². The van der Waals surface area contributed by atoms with Gasteiger partial charge in [-0.2, -0.15) is 0 Å². The van der Waals surface area contributed by atoms with Crippen LogP contribution in [-0.2, 0) is 4.79 Å². The van der Waals surface area contributed by atoms with Crippen molar-refractivity contribution in [2.45, 2.75) is 13.0 Å². The standard InChI is InChI=1S/C9H8BrFO3/c1-4-6(10)2-5(3-7(4)11)8(12)9(13)14/h2-3,8,12H,1H3,(H,13,14). The van der Waals surface area contributed by atoms with Crippen LogP contribution in [0.5, 0.6) is 0 Å². The van der Waals surface area contributed by atoms with Gasteiger partial charge >= 0.3 is 5.97 Å². The summed E-state index contributed by atoms with van der Waals surface area (Å²) in [4.78, 5) is 10.4. The number of aliphatic hydroxyl groups is 1. The molecule has 0 heterocycles. The summed E-state index contributed by atoms with van der Waals surface area (Å²) >= 11 is 3.07. The molecule has 0 spiro atoms. The molecule has 0 radical (unpaired) electrons. The van der Waals surface area contributed by atoms with Crippen molar-refractivity contribution in [2.75, 3.05) is 0 Å². The predicted octanol–water partition coefficient (Wildman–Crippen LogP) is 2.01. The van der Waals surface area contributed by atoms with Crippen molar-refractivity contribution in [3.8, 4) is 0 Å². The van der Waals surface area contributed by atoms with Crippen molar-refractivity contribution < 1.29 is 19.4 Å². The van der Waals surface area contributed by atoms with Crippen molar-refractivity contribution in [2.24, 2.45) is 0 Å². The van der Waals surface area contributed by atoms with Gasteiger partial charge in [-0.1, -0.05) is 15.9 Å². The smallest absolute Gasteiger partial charge is 0.337 e. The molecule has 0 bridgehead atoms. The summed E-state index contributed by atoms with van der Waals surface area (Å²) in [5.74, 6) is -1.95. The van der Waals surface area contributed by atoms with Crippen LogP contribution in [0.4, 0.5) is 4.39 Å². The third-order valence-corrected chi connectivity index (χ3v) is 2.68. The number of hydrogen-bond acceptors (Lipinski definition) is 2. The lowest BCUT2D eigenvalue weighted by Gasteiger charge is -2.08. The Morgan fingerprint density at radius 3 is 2.57 bits per heavy atom. The molecule has 1 atom stereocenters. The SMILES string of the molecule is Cc1c(F)cc(C(O)C(=O)O)cc1Br. The van der Waals surface area contributed by atoms with Crippen molar-refractivity contribution >= 4 is 21.9 Å². The molecular weight excluding hydrogens is 255 g/mol. The van der Waals surface area contributed by atoms with E-state index in [1.165, 1.54) is 6.07 Å². The van der Waals surface area contributed by atoms with E-state index in [0.717, 1.165) is 6.07 Å². The zero-order chi connectivity index (χ0) is 10.9. The molecule has 0 fully saturated rings. The number of carboxylic acid groups (broad SMARTS) is 1. The summed E-state index contributed by atoms with van der Waals surface area (Å²) in [6, 6.07) is 2.40. The number of aliphatic carboxylic acids is 1. The second-order valence-electron chi connectivity index (χ2n) is 2.85. The lowest BCUT2D eigenvalue weighted by molar-refractivity contribution is -0.146. The van der Waals surface area contributed by atoms with E-state index in [-0.39, 0.29) is 5.56 Å². The van der Waals surface area contributed by atoms with E-state index >= 15 is 0 Å². The topological polar surface area (TPSA) is 57.5 Å². The third-order valence-electron chi connectivity index (χ3n) is 1.85. The maximum Gasteiger partial charge on any atom is 0.337 e. The van der Waals surface area contributed by atoms with Crippen molar-refractivity contribution in [1.82, 2.24) is 0 Å². The van der Waals surface area contributed by atoms with E-state index in [9.17, 15) is 9.18 Å². The summed E-state index contributed by atoms with van der Waals surface area (Å²) < 4.78 is 13.6. The monoisotopic (exact) mass is 262 g/mol. The summed E-state index contributed by atoms with van der Waals surface area (Å²) in [7, 11) is 0. The quantitative estimate of drug-likeness (QED) is 0.858. The highest BCUT2D eigenvalue weighted by molar-refractivity contribution is 9.10. The molecule has 5 heteroatoms. The van der Waals surface area contributed by atoms with Gasteiger partial charge in [-0.15, -0.1) is 0 Å². The lowest BCUT2D eigenvalue weighted by atomic mass is 10.1. The molecule has 0 aliphatic carbocycles. The van der Waals surface area contributed by atoms with Crippen LogP contribution in [0.15, 0.2) is 16.6 Å². The zero-order valence-corrected chi connectivity index (χ0v) is 8.88.